The first-order valence-corrected chi connectivity index (χ1v) is 9.62. The molecule has 0 aromatic carbocycles. The highest BCUT2D eigenvalue weighted by atomic mass is 16.3. The van der Waals surface area contributed by atoms with E-state index in [9.17, 15) is 5.11 Å². The van der Waals surface area contributed by atoms with E-state index in [4.69, 9.17) is 0 Å². The van der Waals surface area contributed by atoms with Crippen LogP contribution in [0.1, 0.15) is 83.5 Å². The predicted molar refractivity (Wildman–Crippen MR) is 88.4 cm³/mol. The van der Waals surface area contributed by atoms with Crippen LogP contribution in [0.2, 0.25) is 0 Å². The summed E-state index contributed by atoms with van der Waals surface area (Å²) in [5, 5.41) is 11.5. The summed E-state index contributed by atoms with van der Waals surface area (Å²) in [6.45, 7) is 1.23. The summed E-state index contributed by atoms with van der Waals surface area (Å²) in [5.74, 6) is 1.42. The first-order chi connectivity index (χ1) is 10.2. The molecule has 3 unspecified atom stereocenters. The van der Waals surface area contributed by atoms with Crippen LogP contribution in [-0.2, 0) is 0 Å². The molecular formula is C19H35NO. The van der Waals surface area contributed by atoms with E-state index in [-0.39, 0.29) is 5.60 Å². The summed E-state index contributed by atoms with van der Waals surface area (Å²) in [6, 6.07) is 0.632. The van der Waals surface area contributed by atoms with Crippen molar-refractivity contribution in [2.45, 2.75) is 95.1 Å². The topological polar surface area (TPSA) is 23.5 Å². The molecule has 0 radical (unpaired) electrons. The van der Waals surface area contributed by atoms with Gasteiger partial charge in [0, 0.05) is 6.04 Å². The van der Waals surface area contributed by atoms with Crippen LogP contribution < -0.4 is 0 Å². The molecule has 3 fully saturated rings. The number of piperidine rings is 1. The third-order valence-electron chi connectivity index (χ3n) is 6.79. The van der Waals surface area contributed by atoms with Crippen molar-refractivity contribution in [3.63, 3.8) is 0 Å². The molecule has 21 heavy (non-hydrogen) atoms. The third-order valence-corrected chi connectivity index (χ3v) is 6.79. The van der Waals surface area contributed by atoms with E-state index < -0.39 is 0 Å². The molecule has 1 saturated heterocycles. The Bertz CT molecular complexity index is 326. The van der Waals surface area contributed by atoms with Crippen molar-refractivity contribution in [2.75, 3.05) is 13.6 Å². The molecule has 0 aromatic rings. The highest BCUT2D eigenvalue weighted by molar-refractivity contribution is 4.97. The minimum atomic E-state index is -0.351. The van der Waals surface area contributed by atoms with Gasteiger partial charge in [-0.05, 0) is 57.5 Å². The zero-order valence-electron chi connectivity index (χ0n) is 14.0. The monoisotopic (exact) mass is 293 g/mol. The van der Waals surface area contributed by atoms with Crippen molar-refractivity contribution in [3.8, 4) is 0 Å². The fourth-order valence-electron chi connectivity index (χ4n) is 5.52. The maximum atomic E-state index is 11.5. The first-order valence-electron chi connectivity index (χ1n) is 9.62. The number of hydrogen-bond donors (Lipinski definition) is 1. The lowest BCUT2D eigenvalue weighted by Gasteiger charge is -2.48. The quantitative estimate of drug-likeness (QED) is 0.835. The molecule has 3 aliphatic rings. The van der Waals surface area contributed by atoms with Gasteiger partial charge in [0.1, 0.15) is 0 Å². The van der Waals surface area contributed by atoms with Gasteiger partial charge in [0.25, 0.3) is 0 Å². The van der Waals surface area contributed by atoms with Gasteiger partial charge < -0.3 is 10.0 Å². The summed E-state index contributed by atoms with van der Waals surface area (Å²) in [6.07, 6.45) is 17.0. The predicted octanol–water partition coefficient (Wildman–Crippen LogP) is 4.36. The van der Waals surface area contributed by atoms with Crippen molar-refractivity contribution in [1.29, 1.82) is 0 Å². The van der Waals surface area contributed by atoms with Gasteiger partial charge in [-0.1, -0.05) is 51.4 Å². The zero-order valence-corrected chi connectivity index (χ0v) is 14.0. The van der Waals surface area contributed by atoms with Gasteiger partial charge in [0.2, 0.25) is 0 Å². The fourth-order valence-corrected chi connectivity index (χ4v) is 5.52. The second-order valence-electron chi connectivity index (χ2n) is 8.19. The van der Waals surface area contributed by atoms with Crippen molar-refractivity contribution in [1.82, 2.24) is 4.90 Å². The molecule has 2 nitrogen and oxygen atoms in total. The maximum absolute atomic E-state index is 11.5. The molecule has 122 valence electrons. The molecule has 3 rings (SSSR count). The van der Waals surface area contributed by atoms with Gasteiger partial charge in [-0.25, -0.2) is 0 Å². The van der Waals surface area contributed by atoms with Crippen LogP contribution in [0, 0.1) is 11.8 Å². The largest absolute Gasteiger partial charge is 0.390 e. The zero-order chi connectivity index (χ0) is 14.7. The van der Waals surface area contributed by atoms with E-state index in [2.05, 4.69) is 11.9 Å². The van der Waals surface area contributed by atoms with Crippen molar-refractivity contribution >= 4 is 0 Å². The van der Waals surface area contributed by atoms with Gasteiger partial charge in [0.15, 0.2) is 0 Å². The summed E-state index contributed by atoms with van der Waals surface area (Å²) < 4.78 is 0. The second kappa shape index (κ2) is 7.00. The molecule has 2 saturated carbocycles. The normalized spacial score (nSPS) is 40.3. The molecular weight excluding hydrogens is 258 g/mol. The average molecular weight is 293 g/mol. The average Bonchev–Trinajstić information content (AvgIpc) is 2.51. The lowest BCUT2D eigenvalue weighted by Crippen LogP contribution is -2.50. The van der Waals surface area contributed by atoms with Crippen molar-refractivity contribution < 1.29 is 5.11 Å². The number of nitrogens with zero attached hydrogens (tertiary/aromatic N) is 1. The fraction of sp³-hybridized carbons (Fsp3) is 1.00. The maximum Gasteiger partial charge on any atom is 0.0693 e. The molecule has 0 bridgehead atoms. The summed E-state index contributed by atoms with van der Waals surface area (Å²) in [7, 11) is 2.27. The smallest absolute Gasteiger partial charge is 0.0693 e. The van der Waals surface area contributed by atoms with E-state index in [1.54, 1.807) is 0 Å². The van der Waals surface area contributed by atoms with Crippen LogP contribution in [0.4, 0.5) is 0 Å². The highest BCUT2D eigenvalue weighted by Crippen LogP contribution is 2.46. The Morgan fingerprint density at radius 2 is 1.62 bits per heavy atom. The molecule has 1 aliphatic heterocycles. The molecule has 2 heteroatoms. The Balaban J connectivity index is 1.68. The summed E-state index contributed by atoms with van der Waals surface area (Å²) in [4.78, 5) is 2.52. The van der Waals surface area contributed by atoms with Crippen LogP contribution in [0.15, 0.2) is 0 Å². The van der Waals surface area contributed by atoms with Crippen molar-refractivity contribution in [3.05, 3.63) is 0 Å². The number of hydrogen-bond acceptors (Lipinski definition) is 2. The molecule has 1 heterocycles. The first kappa shape index (κ1) is 15.8. The summed E-state index contributed by atoms with van der Waals surface area (Å²) in [5.41, 5.74) is -0.351. The minimum Gasteiger partial charge on any atom is -0.390 e. The van der Waals surface area contributed by atoms with E-state index in [0.29, 0.717) is 12.0 Å². The number of rotatable bonds is 3. The Morgan fingerprint density at radius 1 is 0.905 bits per heavy atom. The standard InChI is InChI=1S/C19H35NO/c1-20-14-8-6-11-17(20)15-19(21)13-7-5-12-18(19)16-9-3-2-4-10-16/h16-18,21H,2-15H2,1H3. The number of aliphatic hydroxyl groups is 1. The van der Waals surface area contributed by atoms with E-state index in [1.165, 1.54) is 77.2 Å². The van der Waals surface area contributed by atoms with Crippen LogP contribution in [0.5, 0.6) is 0 Å². The molecule has 1 N–H and O–H groups in total. The molecule has 0 aromatic heterocycles. The Hall–Kier alpha value is -0.0800. The molecule has 3 atom stereocenters. The van der Waals surface area contributed by atoms with Gasteiger partial charge in [-0.3, -0.25) is 0 Å². The Kier molecular flexibility index (Phi) is 5.27. The lowest BCUT2D eigenvalue weighted by atomic mass is 9.63. The highest BCUT2D eigenvalue weighted by Gasteiger charge is 2.44. The van der Waals surface area contributed by atoms with Crippen LogP contribution >= 0.6 is 0 Å². The second-order valence-corrected chi connectivity index (χ2v) is 8.19. The molecule has 2 aliphatic carbocycles. The van der Waals surface area contributed by atoms with Crippen LogP contribution in [0.25, 0.3) is 0 Å². The van der Waals surface area contributed by atoms with Gasteiger partial charge in [-0.15, -0.1) is 0 Å². The number of likely N-dealkylation sites (tertiary alicyclic amines) is 1. The summed E-state index contributed by atoms with van der Waals surface area (Å²) >= 11 is 0. The molecule has 0 amide bonds. The van der Waals surface area contributed by atoms with Gasteiger partial charge in [-0.2, -0.15) is 0 Å². The lowest BCUT2D eigenvalue weighted by molar-refractivity contribution is -0.0979. The van der Waals surface area contributed by atoms with Crippen molar-refractivity contribution in [2.24, 2.45) is 11.8 Å². The SMILES string of the molecule is CN1CCCCC1CC1(O)CCCCC1C1CCCCC1. The van der Waals surface area contributed by atoms with E-state index in [1.807, 2.05) is 0 Å². The van der Waals surface area contributed by atoms with Gasteiger partial charge in [0.05, 0.1) is 5.60 Å². The van der Waals surface area contributed by atoms with Gasteiger partial charge >= 0.3 is 0 Å². The van der Waals surface area contributed by atoms with E-state index in [0.717, 1.165) is 18.8 Å². The Morgan fingerprint density at radius 3 is 2.38 bits per heavy atom. The Labute approximate surface area is 131 Å². The minimum absolute atomic E-state index is 0.351. The third kappa shape index (κ3) is 3.64. The molecule has 0 spiro atoms. The van der Waals surface area contributed by atoms with Crippen LogP contribution in [0.3, 0.4) is 0 Å². The van der Waals surface area contributed by atoms with Crippen LogP contribution in [-0.4, -0.2) is 35.2 Å². The van der Waals surface area contributed by atoms with E-state index >= 15 is 0 Å².